The van der Waals surface area contributed by atoms with Crippen LogP contribution in [0, 0.1) is 17.3 Å². The number of hydrogen-bond acceptors (Lipinski definition) is 4. The molecule has 2 aliphatic carbocycles. The van der Waals surface area contributed by atoms with E-state index in [-0.39, 0.29) is 16.7 Å². The molecule has 0 aliphatic heterocycles. The Hall–Kier alpha value is -1.82. The number of methoxy groups -OCH3 is 1. The fourth-order valence-corrected chi connectivity index (χ4v) is 4.84. The molecule has 3 N–H and O–H groups in total. The van der Waals surface area contributed by atoms with Crippen LogP contribution in [0.3, 0.4) is 0 Å². The predicted octanol–water partition coefficient (Wildman–Crippen LogP) is 3.41. The third-order valence-electron chi connectivity index (χ3n) is 6.56. The number of hydrazone groups is 1. The van der Waals surface area contributed by atoms with Gasteiger partial charge in [0.05, 0.1) is 13.3 Å². The molecule has 0 saturated heterocycles. The van der Waals surface area contributed by atoms with Gasteiger partial charge in [-0.2, -0.15) is 5.10 Å². The first kappa shape index (κ1) is 18.0. The average Bonchev–Trinajstić information content (AvgIpc) is 3.12. The highest BCUT2D eigenvalue weighted by atomic mass is 32.1. The van der Waals surface area contributed by atoms with Crippen LogP contribution in [0.1, 0.15) is 45.6 Å². The first-order chi connectivity index (χ1) is 11.8. The zero-order chi connectivity index (χ0) is 18.2. The number of fused-ring (bicyclic) bond motifs is 2. The van der Waals surface area contributed by atoms with E-state index in [0.717, 1.165) is 11.5 Å². The van der Waals surface area contributed by atoms with Crippen LogP contribution < -0.4 is 15.5 Å². The third-order valence-corrected chi connectivity index (χ3v) is 6.76. The molecule has 2 fully saturated rings. The molecule has 5 nitrogen and oxygen atoms in total. The minimum atomic E-state index is -0.00270. The van der Waals surface area contributed by atoms with Crippen molar-refractivity contribution >= 4 is 23.5 Å². The van der Waals surface area contributed by atoms with E-state index in [2.05, 4.69) is 36.6 Å². The minimum absolute atomic E-state index is 0.00270. The summed E-state index contributed by atoms with van der Waals surface area (Å²) in [4.78, 5) is 0. The Kier molecular flexibility index (Phi) is 4.66. The SMILES string of the molecule is COc1cc(C=NNC(=S)NC2(C)C3CCC(C3)C2(C)C)ccc1O. The maximum Gasteiger partial charge on any atom is 0.187 e. The second kappa shape index (κ2) is 6.48. The summed E-state index contributed by atoms with van der Waals surface area (Å²) >= 11 is 5.46. The van der Waals surface area contributed by atoms with Crippen LogP contribution in [-0.2, 0) is 0 Å². The number of ether oxygens (including phenoxy) is 1. The monoisotopic (exact) mass is 361 g/mol. The summed E-state index contributed by atoms with van der Waals surface area (Å²) in [5, 5.41) is 17.9. The van der Waals surface area contributed by atoms with E-state index in [1.165, 1.54) is 26.4 Å². The summed E-state index contributed by atoms with van der Waals surface area (Å²) in [5.41, 5.74) is 3.95. The van der Waals surface area contributed by atoms with Crippen molar-refractivity contribution in [2.24, 2.45) is 22.4 Å². The van der Waals surface area contributed by atoms with Gasteiger partial charge in [0, 0.05) is 5.54 Å². The van der Waals surface area contributed by atoms with Gasteiger partial charge < -0.3 is 15.2 Å². The molecule has 2 saturated carbocycles. The van der Waals surface area contributed by atoms with E-state index >= 15 is 0 Å². The second-order valence-electron chi connectivity index (χ2n) is 7.89. The number of nitrogens with one attached hydrogen (secondary N) is 2. The minimum Gasteiger partial charge on any atom is -0.504 e. The molecule has 136 valence electrons. The summed E-state index contributed by atoms with van der Waals surface area (Å²) in [6, 6.07) is 5.06. The van der Waals surface area contributed by atoms with Crippen LogP contribution in [0.25, 0.3) is 0 Å². The Morgan fingerprint density at radius 3 is 2.68 bits per heavy atom. The maximum atomic E-state index is 9.62. The summed E-state index contributed by atoms with van der Waals surface area (Å²) in [6.07, 6.45) is 5.55. The molecule has 6 heteroatoms. The molecule has 25 heavy (non-hydrogen) atoms. The van der Waals surface area contributed by atoms with Crippen molar-refractivity contribution in [1.29, 1.82) is 0 Å². The van der Waals surface area contributed by atoms with E-state index in [9.17, 15) is 5.11 Å². The Morgan fingerprint density at radius 2 is 2.04 bits per heavy atom. The Bertz CT molecular complexity index is 704. The van der Waals surface area contributed by atoms with Gasteiger partial charge in [0.1, 0.15) is 0 Å². The van der Waals surface area contributed by atoms with Gasteiger partial charge in [-0.15, -0.1) is 0 Å². The van der Waals surface area contributed by atoms with Gasteiger partial charge in [-0.05, 0) is 79.4 Å². The van der Waals surface area contributed by atoms with Crippen molar-refractivity contribution in [3.63, 3.8) is 0 Å². The van der Waals surface area contributed by atoms with E-state index in [4.69, 9.17) is 17.0 Å². The Morgan fingerprint density at radius 1 is 1.32 bits per heavy atom. The highest BCUT2D eigenvalue weighted by molar-refractivity contribution is 7.80. The van der Waals surface area contributed by atoms with Crippen molar-refractivity contribution in [3.05, 3.63) is 23.8 Å². The molecular weight excluding hydrogens is 334 g/mol. The predicted molar refractivity (Wildman–Crippen MR) is 104 cm³/mol. The van der Waals surface area contributed by atoms with E-state index < -0.39 is 0 Å². The zero-order valence-corrected chi connectivity index (χ0v) is 16.1. The van der Waals surface area contributed by atoms with E-state index in [1.54, 1.807) is 24.4 Å². The maximum absolute atomic E-state index is 9.62. The summed E-state index contributed by atoms with van der Waals surface area (Å²) in [5.74, 6) is 1.96. The van der Waals surface area contributed by atoms with Gasteiger partial charge in [0.25, 0.3) is 0 Å². The van der Waals surface area contributed by atoms with Gasteiger partial charge in [0.15, 0.2) is 16.6 Å². The topological polar surface area (TPSA) is 65.9 Å². The number of phenols is 1. The molecule has 3 atom stereocenters. The molecule has 2 aliphatic rings. The standard InChI is InChI=1S/C19H27N3O2S/c1-18(2)13-6-7-14(10-13)19(18,3)21-17(25)22-20-11-12-5-8-15(23)16(9-12)24-4/h5,8-9,11,13-14,23H,6-7,10H2,1-4H3,(H2,21,22,25). The molecule has 1 aromatic rings. The zero-order valence-electron chi connectivity index (χ0n) is 15.3. The molecule has 0 aromatic heterocycles. The molecule has 3 rings (SSSR count). The van der Waals surface area contributed by atoms with Crippen molar-refractivity contribution in [2.75, 3.05) is 7.11 Å². The van der Waals surface area contributed by atoms with Crippen LogP contribution in [0.4, 0.5) is 0 Å². The summed E-state index contributed by atoms with van der Waals surface area (Å²) in [6.45, 7) is 6.98. The lowest BCUT2D eigenvalue weighted by molar-refractivity contribution is 0.0833. The van der Waals surface area contributed by atoms with Gasteiger partial charge in [-0.25, -0.2) is 0 Å². The van der Waals surface area contributed by atoms with Crippen molar-refractivity contribution in [2.45, 2.75) is 45.6 Å². The lowest BCUT2D eigenvalue weighted by atomic mass is 9.64. The van der Waals surface area contributed by atoms with Crippen LogP contribution in [0.15, 0.2) is 23.3 Å². The lowest BCUT2D eigenvalue weighted by Gasteiger charge is -2.48. The molecule has 3 unspecified atom stereocenters. The normalized spacial score (nSPS) is 29.8. The van der Waals surface area contributed by atoms with E-state index in [0.29, 0.717) is 16.8 Å². The van der Waals surface area contributed by atoms with Crippen molar-refractivity contribution in [3.8, 4) is 11.5 Å². The largest absolute Gasteiger partial charge is 0.504 e. The number of hydrogen-bond donors (Lipinski definition) is 3. The summed E-state index contributed by atoms with van der Waals surface area (Å²) < 4.78 is 5.10. The van der Waals surface area contributed by atoms with E-state index in [1.807, 2.05) is 0 Å². The second-order valence-corrected chi connectivity index (χ2v) is 8.29. The summed E-state index contributed by atoms with van der Waals surface area (Å²) in [7, 11) is 1.52. The molecule has 1 aromatic carbocycles. The molecule has 0 amide bonds. The molecule has 0 heterocycles. The van der Waals surface area contributed by atoms with Crippen LogP contribution in [-0.4, -0.2) is 29.1 Å². The first-order valence-electron chi connectivity index (χ1n) is 8.76. The highest BCUT2D eigenvalue weighted by Crippen LogP contribution is 2.61. The van der Waals surface area contributed by atoms with Crippen molar-refractivity contribution in [1.82, 2.24) is 10.7 Å². The lowest BCUT2D eigenvalue weighted by Crippen LogP contribution is -2.60. The molecule has 0 radical (unpaired) electrons. The third kappa shape index (κ3) is 3.08. The number of thiocarbonyl (C=S) groups is 1. The van der Waals surface area contributed by atoms with Crippen LogP contribution in [0.2, 0.25) is 0 Å². The number of aromatic hydroxyl groups is 1. The van der Waals surface area contributed by atoms with Gasteiger partial charge >= 0.3 is 0 Å². The molecule has 2 bridgehead atoms. The van der Waals surface area contributed by atoms with Crippen LogP contribution >= 0.6 is 12.2 Å². The number of rotatable bonds is 4. The van der Waals surface area contributed by atoms with Gasteiger partial charge in [0.2, 0.25) is 0 Å². The van der Waals surface area contributed by atoms with Gasteiger partial charge in [-0.1, -0.05) is 13.8 Å². The van der Waals surface area contributed by atoms with Crippen molar-refractivity contribution < 1.29 is 9.84 Å². The molecule has 0 spiro atoms. The van der Waals surface area contributed by atoms with Crippen LogP contribution in [0.5, 0.6) is 11.5 Å². The quantitative estimate of drug-likeness (QED) is 0.436. The number of benzene rings is 1. The highest BCUT2D eigenvalue weighted by Gasteiger charge is 2.60. The first-order valence-corrected chi connectivity index (χ1v) is 9.17. The average molecular weight is 362 g/mol. The van der Waals surface area contributed by atoms with Gasteiger partial charge in [-0.3, -0.25) is 5.43 Å². The molecular formula is C19H27N3O2S. The fourth-order valence-electron chi connectivity index (χ4n) is 4.58. The smallest absolute Gasteiger partial charge is 0.187 e. The fraction of sp³-hybridized carbons (Fsp3) is 0.579. The Labute approximate surface area is 154 Å². The Balaban J connectivity index is 1.62. The number of nitrogens with zero attached hydrogens (tertiary/aromatic N) is 1. The number of phenolic OH excluding ortho intramolecular Hbond substituents is 1.